The van der Waals surface area contributed by atoms with Crippen LogP contribution in [0.3, 0.4) is 0 Å². The number of ether oxygens (including phenoxy) is 1. The number of nitrogen functional groups attached to an aromatic ring is 1. The zero-order valence-electron chi connectivity index (χ0n) is 9.22. The number of hydrogen-bond acceptors (Lipinski definition) is 7. The molecule has 2 heterocycles. The molecule has 4 N–H and O–H groups in total. The molecule has 94 valence electrons. The summed E-state index contributed by atoms with van der Waals surface area (Å²) in [6.07, 6.45) is -1.03. The van der Waals surface area contributed by atoms with Crippen molar-refractivity contribution in [2.75, 3.05) is 12.3 Å². The fraction of sp³-hybridized carbons (Fsp3) is 0.667. The highest BCUT2D eigenvalue weighted by Gasteiger charge is 2.41. The first-order valence-electron chi connectivity index (χ1n) is 5.19. The molecule has 0 aromatic carbocycles. The van der Waals surface area contributed by atoms with E-state index in [2.05, 4.69) is 9.97 Å². The fourth-order valence-electron chi connectivity index (χ4n) is 1.89. The molecule has 17 heavy (non-hydrogen) atoms. The molecule has 1 aromatic rings. The van der Waals surface area contributed by atoms with Crippen molar-refractivity contribution in [2.24, 2.45) is 5.92 Å². The minimum absolute atomic E-state index is 0.115. The topological polar surface area (TPSA) is 123 Å². The summed E-state index contributed by atoms with van der Waals surface area (Å²) in [5, 5.41) is 18.8. The van der Waals surface area contributed by atoms with E-state index in [4.69, 9.17) is 15.6 Å². The van der Waals surface area contributed by atoms with Crippen molar-refractivity contribution >= 4 is 5.95 Å². The molecule has 0 spiro atoms. The van der Waals surface area contributed by atoms with Gasteiger partial charge in [-0.2, -0.15) is 4.98 Å². The monoisotopic (exact) mass is 242 g/mol. The molecule has 4 atom stereocenters. The lowest BCUT2D eigenvalue weighted by molar-refractivity contribution is -0.0480. The summed E-state index contributed by atoms with van der Waals surface area (Å²) in [6.45, 7) is 1.40. The van der Waals surface area contributed by atoms with Crippen LogP contribution in [-0.4, -0.2) is 43.6 Å². The summed E-state index contributed by atoms with van der Waals surface area (Å²) in [5.74, 6) is -0.465. The Morgan fingerprint density at radius 2 is 2.35 bits per heavy atom. The van der Waals surface area contributed by atoms with Gasteiger partial charge in [-0.15, -0.1) is 0 Å². The zero-order valence-corrected chi connectivity index (χ0v) is 9.22. The maximum atomic E-state index is 11.6. The zero-order chi connectivity index (χ0) is 12.6. The van der Waals surface area contributed by atoms with Crippen molar-refractivity contribution in [3.05, 3.63) is 16.8 Å². The molecule has 0 unspecified atom stereocenters. The van der Waals surface area contributed by atoms with Crippen LogP contribution in [-0.2, 0) is 4.74 Å². The number of nitrogens with zero attached hydrogens (tertiary/aromatic N) is 3. The number of aromatic nitrogens is 3. The molecule has 1 saturated heterocycles. The summed E-state index contributed by atoms with van der Waals surface area (Å²) in [4.78, 5) is 18.8. The maximum absolute atomic E-state index is 11.6. The lowest BCUT2D eigenvalue weighted by atomic mass is 10.0. The number of rotatable bonds is 2. The molecule has 2 rings (SSSR count). The summed E-state index contributed by atoms with van der Waals surface area (Å²) < 4.78 is 6.54. The van der Waals surface area contributed by atoms with E-state index in [1.807, 2.05) is 0 Å². The van der Waals surface area contributed by atoms with E-state index in [1.54, 1.807) is 6.92 Å². The van der Waals surface area contributed by atoms with Crippen LogP contribution in [0.1, 0.15) is 13.2 Å². The van der Waals surface area contributed by atoms with Gasteiger partial charge in [0.05, 0.1) is 12.7 Å². The predicted molar refractivity (Wildman–Crippen MR) is 56.9 cm³/mol. The molecule has 8 nitrogen and oxygen atoms in total. The Morgan fingerprint density at radius 1 is 1.65 bits per heavy atom. The lowest BCUT2D eigenvalue weighted by Gasteiger charge is -2.17. The molecular formula is C9H14N4O4. The Balaban J connectivity index is 2.32. The van der Waals surface area contributed by atoms with Crippen LogP contribution in [0.5, 0.6) is 0 Å². The molecule has 1 aliphatic heterocycles. The lowest BCUT2D eigenvalue weighted by Crippen LogP contribution is -2.31. The Labute approximate surface area is 96.7 Å². The highest BCUT2D eigenvalue weighted by molar-refractivity contribution is 5.10. The van der Waals surface area contributed by atoms with Gasteiger partial charge in [-0.05, 0) is 0 Å². The van der Waals surface area contributed by atoms with Gasteiger partial charge in [0, 0.05) is 5.92 Å². The second kappa shape index (κ2) is 4.40. The molecule has 8 heteroatoms. The largest absolute Gasteiger partial charge is 0.394 e. The molecule has 1 fully saturated rings. The van der Waals surface area contributed by atoms with Crippen LogP contribution in [0.2, 0.25) is 0 Å². The van der Waals surface area contributed by atoms with E-state index in [0.717, 1.165) is 4.57 Å². The fourth-order valence-corrected chi connectivity index (χ4v) is 1.89. The van der Waals surface area contributed by atoms with Gasteiger partial charge >= 0.3 is 5.69 Å². The third kappa shape index (κ3) is 2.02. The van der Waals surface area contributed by atoms with Crippen LogP contribution in [0.15, 0.2) is 11.1 Å². The second-order valence-corrected chi connectivity index (χ2v) is 4.00. The molecule has 0 bridgehead atoms. The Bertz CT molecular complexity index is 463. The van der Waals surface area contributed by atoms with Crippen LogP contribution < -0.4 is 11.4 Å². The van der Waals surface area contributed by atoms with Crippen molar-refractivity contribution < 1.29 is 14.9 Å². The van der Waals surface area contributed by atoms with Crippen molar-refractivity contribution in [3.63, 3.8) is 0 Å². The van der Waals surface area contributed by atoms with Crippen molar-refractivity contribution in [1.29, 1.82) is 0 Å². The SMILES string of the molecule is C[C@@H]1[C@H](O)[C@@H](CO)O[C@H]1n1cnc(N)nc1=O. The maximum Gasteiger partial charge on any atom is 0.354 e. The van der Waals surface area contributed by atoms with E-state index in [1.165, 1.54) is 6.33 Å². The van der Waals surface area contributed by atoms with Crippen molar-refractivity contribution in [3.8, 4) is 0 Å². The smallest absolute Gasteiger partial charge is 0.354 e. The van der Waals surface area contributed by atoms with Gasteiger partial charge in [0.25, 0.3) is 0 Å². The van der Waals surface area contributed by atoms with E-state index < -0.39 is 24.1 Å². The van der Waals surface area contributed by atoms with E-state index in [9.17, 15) is 9.90 Å². The van der Waals surface area contributed by atoms with Gasteiger partial charge in [-0.25, -0.2) is 9.78 Å². The highest BCUT2D eigenvalue weighted by atomic mass is 16.5. The summed E-state index contributed by atoms with van der Waals surface area (Å²) in [5.41, 5.74) is 4.68. The summed E-state index contributed by atoms with van der Waals surface area (Å²) in [7, 11) is 0. The van der Waals surface area contributed by atoms with Gasteiger partial charge in [0.2, 0.25) is 5.95 Å². The van der Waals surface area contributed by atoms with E-state index >= 15 is 0 Å². The minimum Gasteiger partial charge on any atom is -0.394 e. The van der Waals surface area contributed by atoms with Crippen LogP contribution in [0.4, 0.5) is 5.95 Å². The predicted octanol–water partition coefficient (Wildman–Crippen LogP) is -1.89. The molecule has 1 aromatic heterocycles. The highest BCUT2D eigenvalue weighted by Crippen LogP contribution is 2.33. The van der Waals surface area contributed by atoms with Gasteiger partial charge in [0.15, 0.2) is 0 Å². The Morgan fingerprint density at radius 3 is 2.88 bits per heavy atom. The first-order valence-corrected chi connectivity index (χ1v) is 5.19. The number of nitrogens with two attached hydrogens (primary N) is 1. The second-order valence-electron chi connectivity index (χ2n) is 4.00. The molecule has 0 saturated carbocycles. The third-order valence-electron chi connectivity index (χ3n) is 2.88. The van der Waals surface area contributed by atoms with Gasteiger partial charge < -0.3 is 20.7 Å². The van der Waals surface area contributed by atoms with Gasteiger partial charge in [0.1, 0.15) is 18.7 Å². The van der Waals surface area contributed by atoms with Gasteiger partial charge in [-0.3, -0.25) is 4.57 Å². The van der Waals surface area contributed by atoms with Crippen LogP contribution in [0, 0.1) is 5.92 Å². The van der Waals surface area contributed by atoms with Crippen LogP contribution in [0.25, 0.3) is 0 Å². The van der Waals surface area contributed by atoms with E-state index in [0.29, 0.717) is 0 Å². The number of hydrogen-bond donors (Lipinski definition) is 3. The average molecular weight is 242 g/mol. The van der Waals surface area contributed by atoms with E-state index in [-0.39, 0.29) is 18.5 Å². The number of anilines is 1. The molecule has 1 aliphatic rings. The first-order chi connectivity index (χ1) is 8.04. The molecular weight excluding hydrogens is 228 g/mol. The molecule has 0 aliphatic carbocycles. The summed E-state index contributed by atoms with van der Waals surface area (Å²) >= 11 is 0. The standard InChI is InChI=1S/C9H14N4O4/c1-4-6(15)5(2-14)17-7(4)13-3-11-8(10)12-9(13)16/h3-7,14-15H,2H2,1H3,(H2,10,12,16)/t4-,5-,6+,7-/m1/s1. The molecule has 0 radical (unpaired) electrons. The summed E-state index contributed by atoms with van der Waals surface area (Å²) in [6, 6.07) is 0. The number of aliphatic hydroxyl groups is 2. The Hall–Kier alpha value is -1.51. The Kier molecular flexibility index (Phi) is 3.09. The normalized spacial score (nSPS) is 32.9. The van der Waals surface area contributed by atoms with Crippen molar-refractivity contribution in [1.82, 2.24) is 14.5 Å². The van der Waals surface area contributed by atoms with Crippen LogP contribution >= 0.6 is 0 Å². The third-order valence-corrected chi connectivity index (χ3v) is 2.88. The number of aliphatic hydroxyl groups excluding tert-OH is 2. The first kappa shape index (κ1) is 12.0. The van der Waals surface area contributed by atoms with Gasteiger partial charge in [-0.1, -0.05) is 6.92 Å². The minimum atomic E-state index is -0.838. The van der Waals surface area contributed by atoms with Crippen molar-refractivity contribution in [2.45, 2.75) is 25.4 Å². The molecule has 0 amide bonds. The average Bonchev–Trinajstić information content (AvgIpc) is 2.57. The quantitative estimate of drug-likeness (QED) is 0.553.